The number of rotatable bonds is 3. The fourth-order valence-corrected chi connectivity index (χ4v) is 5.08. The maximum atomic E-state index is 12.7. The van der Waals surface area contributed by atoms with Gasteiger partial charge in [0.1, 0.15) is 0 Å². The van der Waals surface area contributed by atoms with E-state index < -0.39 is 22.0 Å². The van der Waals surface area contributed by atoms with Gasteiger partial charge in [0.2, 0.25) is 10.0 Å². The van der Waals surface area contributed by atoms with Gasteiger partial charge in [-0.05, 0) is 63.0 Å². The third kappa shape index (κ3) is 6.16. The van der Waals surface area contributed by atoms with Crippen LogP contribution in [0.15, 0.2) is 29.2 Å². The van der Waals surface area contributed by atoms with Crippen LogP contribution >= 0.6 is 11.6 Å². The molecule has 0 aliphatic carbocycles. The second-order valence-electron chi connectivity index (χ2n) is 6.80. The maximum absolute atomic E-state index is 12.7. The molecule has 2 aliphatic heterocycles. The maximum Gasteiger partial charge on any atom is 0.414 e. The molecule has 0 saturated carbocycles. The summed E-state index contributed by atoms with van der Waals surface area (Å²) in [5, 5.41) is 15.3. The number of benzene rings is 1. The molecule has 0 amide bonds. The highest BCUT2D eigenvalue weighted by Crippen LogP contribution is 2.25. The lowest BCUT2D eigenvalue weighted by molar-refractivity contribution is -0.159. The Morgan fingerprint density at radius 2 is 1.39 bits per heavy atom. The van der Waals surface area contributed by atoms with Crippen LogP contribution in [0.1, 0.15) is 32.1 Å². The van der Waals surface area contributed by atoms with Crippen LogP contribution in [-0.4, -0.2) is 72.0 Å². The number of carboxylic acid groups (broad SMARTS) is 2. The van der Waals surface area contributed by atoms with Gasteiger partial charge in [0.15, 0.2) is 0 Å². The normalized spacial score (nSPS) is 19.5. The Morgan fingerprint density at radius 3 is 1.86 bits per heavy atom. The summed E-state index contributed by atoms with van der Waals surface area (Å²) in [5.74, 6) is -3.65. The number of likely N-dealkylation sites (tertiary alicyclic amines) is 1. The minimum atomic E-state index is -3.38. The summed E-state index contributed by atoms with van der Waals surface area (Å²) in [7, 11) is -3.38. The SMILES string of the molecule is O=C(O)C(=O)O.O=S(=O)(c1ccc(Cl)cc1)N1CCC(N2CCCCC2)CC1. The molecule has 2 fully saturated rings. The first-order chi connectivity index (χ1) is 13.2. The van der Waals surface area contributed by atoms with E-state index in [-0.39, 0.29) is 0 Å². The van der Waals surface area contributed by atoms with E-state index in [0.717, 1.165) is 12.8 Å². The first-order valence-corrected chi connectivity index (χ1v) is 11.0. The molecule has 0 atom stereocenters. The van der Waals surface area contributed by atoms with E-state index in [1.54, 1.807) is 28.6 Å². The Bertz CT molecular complexity index is 758. The molecule has 28 heavy (non-hydrogen) atoms. The number of carbonyl (C=O) groups is 2. The summed E-state index contributed by atoms with van der Waals surface area (Å²) in [5.41, 5.74) is 0. The third-order valence-corrected chi connectivity index (χ3v) is 7.13. The predicted octanol–water partition coefficient (Wildman–Crippen LogP) is 2.13. The lowest BCUT2D eigenvalue weighted by atomic mass is 10.0. The van der Waals surface area contributed by atoms with Gasteiger partial charge in [0.05, 0.1) is 4.90 Å². The third-order valence-electron chi connectivity index (χ3n) is 4.96. The van der Waals surface area contributed by atoms with Gasteiger partial charge in [-0.15, -0.1) is 0 Å². The Balaban J connectivity index is 0.000000409. The number of carboxylic acids is 2. The average molecular weight is 433 g/mol. The lowest BCUT2D eigenvalue weighted by Crippen LogP contribution is -2.48. The topological polar surface area (TPSA) is 115 Å². The first kappa shape index (κ1) is 22.6. The highest BCUT2D eigenvalue weighted by Gasteiger charge is 2.31. The van der Waals surface area contributed by atoms with E-state index in [4.69, 9.17) is 31.4 Å². The largest absolute Gasteiger partial charge is 0.473 e. The van der Waals surface area contributed by atoms with Crippen LogP contribution in [0.2, 0.25) is 5.02 Å². The zero-order valence-corrected chi connectivity index (χ0v) is 17.0. The number of sulfonamides is 1. The van der Waals surface area contributed by atoms with Crippen LogP contribution in [0.25, 0.3) is 0 Å². The van der Waals surface area contributed by atoms with Crippen LogP contribution in [-0.2, 0) is 19.6 Å². The van der Waals surface area contributed by atoms with E-state index in [9.17, 15) is 8.42 Å². The molecule has 0 unspecified atom stereocenters. The smallest absolute Gasteiger partial charge is 0.414 e. The van der Waals surface area contributed by atoms with Gasteiger partial charge < -0.3 is 15.1 Å². The molecule has 2 N–H and O–H groups in total. The van der Waals surface area contributed by atoms with Gasteiger partial charge in [0, 0.05) is 24.2 Å². The van der Waals surface area contributed by atoms with Crippen molar-refractivity contribution in [2.45, 2.75) is 43.0 Å². The summed E-state index contributed by atoms with van der Waals surface area (Å²) in [6.45, 7) is 3.58. The summed E-state index contributed by atoms with van der Waals surface area (Å²) in [6, 6.07) is 7.00. The summed E-state index contributed by atoms with van der Waals surface area (Å²) in [4.78, 5) is 21.1. The van der Waals surface area contributed by atoms with E-state index in [1.807, 2.05) is 0 Å². The molecular formula is C18H25ClN2O6S. The quantitative estimate of drug-likeness (QED) is 0.703. The van der Waals surface area contributed by atoms with Crippen molar-refractivity contribution in [2.24, 2.45) is 0 Å². The molecule has 2 saturated heterocycles. The fraction of sp³-hybridized carbons (Fsp3) is 0.556. The van der Waals surface area contributed by atoms with E-state index in [2.05, 4.69) is 4.90 Å². The molecule has 0 radical (unpaired) electrons. The first-order valence-electron chi connectivity index (χ1n) is 9.18. The van der Waals surface area contributed by atoms with Crippen molar-refractivity contribution in [1.82, 2.24) is 9.21 Å². The van der Waals surface area contributed by atoms with Crippen molar-refractivity contribution in [1.29, 1.82) is 0 Å². The average Bonchev–Trinajstić information content (AvgIpc) is 2.69. The highest BCUT2D eigenvalue weighted by molar-refractivity contribution is 7.89. The van der Waals surface area contributed by atoms with Crippen LogP contribution in [0.4, 0.5) is 0 Å². The van der Waals surface area contributed by atoms with E-state index in [1.165, 1.54) is 32.4 Å². The van der Waals surface area contributed by atoms with Crippen LogP contribution in [0.3, 0.4) is 0 Å². The molecule has 156 valence electrons. The molecule has 3 rings (SSSR count). The van der Waals surface area contributed by atoms with Gasteiger partial charge in [-0.2, -0.15) is 4.31 Å². The molecule has 1 aromatic rings. The van der Waals surface area contributed by atoms with Crippen molar-refractivity contribution in [2.75, 3.05) is 26.2 Å². The molecule has 2 heterocycles. The predicted molar refractivity (Wildman–Crippen MR) is 104 cm³/mol. The van der Waals surface area contributed by atoms with Gasteiger partial charge in [-0.25, -0.2) is 18.0 Å². The van der Waals surface area contributed by atoms with Gasteiger partial charge in [0.25, 0.3) is 0 Å². The van der Waals surface area contributed by atoms with Crippen LogP contribution < -0.4 is 0 Å². The van der Waals surface area contributed by atoms with Crippen molar-refractivity contribution in [3.05, 3.63) is 29.3 Å². The molecule has 0 aromatic heterocycles. The summed E-state index contributed by atoms with van der Waals surface area (Å²) < 4.78 is 26.9. The zero-order valence-electron chi connectivity index (χ0n) is 15.5. The van der Waals surface area contributed by atoms with E-state index in [0.29, 0.717) is 29.0 Å². The molecule has 2 aliphatic rings. The second-order valence-corrected chi connectivity index (χ2v) is 9.17. The summed E-state index contributed by atoms with van der Waals surface area (Å²) >= 11 is 5.84. The van der Waals surface area contributed by atoms with Crippen molar-refractivity contribution < 1.29 is 28.2 Å². The number of hydrogen-bond donors (Lipinski definition) is 2. The highest BCUT2D eigenvalue weighted by atomic mass is 35.5. The number of aliphatic carboxylic acids is 2. The second kappa shape index (κ2) is 10.2. The standard InChI is InChI=1S/C16H23ClN2O2S.C2H2O4/c17-14-4-6-16(7-5-14)22(20,21)19-12-8-15(9-13-19)18-10-2-1-3-11-18;3-1(4)2(5)6/h4-7,15H,1-3,8-13H2;(H,3,4)(H,5,6). The van der Waals surface area contributed by atoms with Crippen molar-refractivity contribution in [3.63, 3.8) is 0 Å². The van der Waals surface area contributed by atoms with Crippen molar-refractivity contribution in [3.8, 4) is 0 Å². The molecule has 0 bridgehead atoms. The zero-order chi connectivity index (χ0) is 20.7. The Kier molecular flexibility index (Phi) is 8.23. The van der Waals surface area contributed by atoms with Crippen LogP contribution in [0.5, 0.6) is 0 Å². The number of piperidine rings is 2. The summed E-state index contributed by atoms with van der Waals surface area (Å²) in [6.07, 6.45) is 5.77. The Morgan fingerprint density at radius 1 is 0.893 bits per heavy atom. The van der Waals surface area contributed by atoms with Gasteiger partial charge in [-0.1, -0.05) is 18.0 Å². The Labute approximate surface area is 169 Å². The molecule has 0 spiro atoms. The number of halogens is 1. The monoisotopic (exact) mass is 432 g/mol. The minimum Gasteiger partial charge on any atom is -0.473 e. The molecule has 1 aromatic carbocycles. The minimum absolute atomic E-state index is 0.341. The molecule has 10 heteroatoms. The van der Waals surface area contributed by atoms with Gasteiger partial charge >= 0.3 is 11.9 Å². The Hall–Kier alpha value is -1.68. The molecule has 8 nitrogen and oxygen atoms in total. The fourth-order valence-electron chi connectivity index (χ4n) is 3.49. The number of hydrogen-bond acceptors (Lipinski definition) is 5. The van der Waals surface area contributed by atoms with Gasteiger partial charge in [-0.3, -0.25) is 0 Å². The van der Waals surface area contributed by atoms with E-state index >= 15 is 0 Å². The van der Waals surface area contributed by atoms with Crippen LogP contribution in [0, 0.1) is 0 Å². The lowest BCUT2D eigenvalue weighted by Gasteiger charge is -2.39. The molecular weight excluding hydrogens is 408 g/mol. The van der Waals surface area contributed by atoms with Crippen molar-refractivity contribution >= 4 is 33.6 Å². The number of nitrogens with zero attached hydrogens (tertiary/aromatic N) is 2.